The van der Waals surface area contributed by atoms with E-state index in [0.29, 0.717) is 19.4 Å². The number of ether oxygens (including phenoxy) is 1. The van der Waals surface area contributed by atoms with E-state index in [1.54, 1.807) is 14.0 Å². The largest absolute Gasteiger partial charge is 0.497 e. The van der Waals surface area contributed by atoms with Crippen LogP contribution in [0.1, 0.15) is 24.5 Å². The van der Waals surface area contributed by atoms with Crippen LogP contribution in [0.4, 0.5) is 0 Å². The first kappa shape index (κ1) is 18.5. The summed E-state index contributed by atoms with van der Waals surface area (Å²) in [4.78, 5) is 24.1. The molecule has 0 saturated carbocycles. The fourth-order valence-corrected chi connectivity index (χ4v) is 2.37. The van der Waals surface area contributed by atoms with Gasteiger partial charge >= 0.3 is 0 Å². The molecule has 0 aliphatic carbocycles. The minimum Gasteiger partial charge on any atom is -0.497 e. The van der Waals surface area contributed by atoms with Crippen LogP contribution in [0.25, 0.3) is 0 Å². The smallest absolute Gasteiger partial charge is 0.242 e. The second-order valence-corrected chi connectivity index (χ2v) is 5.84. The molecular formula is C20H24N2O3. The van der Waals surface area contributed by atoms with Crippen LogP contribution in [0.15, 0.2) is 54.6 Å². The number of benzene rings is 2. The highest BCUT2D eigenvalue weighted by Gasteiger charge is 2.15. The maximum atomic E-state index is 12.1. The summed E-state index contributed by atoms with van der Waals surface area (Å²) in [5.74, 6) is 0.439. The minimum absolute atomic E-state index is 0.129. The van der Waals surface area contributed by atoms with Crippen molar-refractivity contribution in [3.05, 3.63) is 65.7 Å². The van der Waals surface area contributed by atoms with Crippen LogP contribution < -0.4 is 15.4 Å². The molecule has 2 aromatic carbocycles. The fourth-order valence-electron chi connectivity index (χ4n) is 2.37. The molecule has 5 heteroatoms. The normalized spacial score (nSPS) is 11.4. The highest BCUT2D eigenvalue weighted by atomic mass is 16.5. The van der Waals surface area contributed by atoms with Gasteiger partial charge in [0.25, 0.3) is 0 Å². The van der Waals surface area contributed by atoms with Crippen LogP contribution in [-0.4, -0.2) is 25.0 Å². The molecule has 2 amide bonds. The average molecular weight is 340 g/mol. The Balaban J connectivity index is 1.72. The molecule has 0 saturated heterocycles. The highest BCUT2D eigenvalue weighted by molar-refractivity contribution is 5.87. The Kier molecular flexibility index (Phi) is 7.01. The molecule has 0 bridgehead atoms. The zero-order valence-electron chi connectivity index (χ0n) is 14.6. The molecule has 2 N–H and O–H groups in total. The van der Waals surface area contributed by atoms with Crippen molar-refractivity contribution in [3.63, 3.8) is 0 Å². The average Bonchev–Trinajstić information content (AvgIpc) is 2.65. The summed E-state index contributed by atoms with van der Waals surface area (Å²) in [7, 11) is 1.61. The van der Waals surface area contributed by atoms with E-state index < -0.39 is 6.04 Å². The van der Waals surface area contributed by atoms with Gasteiger partial charge in [-0.15, -0.1) is 0 Å². The van der Waals surface area contributed by atoms with Crippen LogP contribution in [0, 0.1) is 0 Å². The Morgan fingerprint density at radius 1 is 1.00 bits per heavy atom. The van der Waals surface area contributed by atoms with Crippen molar-refractivity contribution in [2.24, 2.45) is 0 Å². The monoisotopic (exact) mass is 340 g/mol. The second-order valence-electron chi connectivity index (χ2n) is 5.84. The third-order valence-corrected chi connectivity index (χ3v) is 3.88. The zero-order valence-corrected chi connectivity index (χ0v) is 14.6. The summed E-state index contributed by atoms with van der Waals surface area (Å²) in [5.41, 5.74) is 2.08. The van der Waals surface area contributed by atoms with Gasteiger partial charge < -0.3 is 15.4 Å². The molecule has 1 unspecified atom stereocenters. The van der Waals surface area contributed by atoms with Crippen molar-refractivity contribution in [1.29, 1.82) is 0 Å². The van der Waals surface area contributed by atoms with Gasteiger partial charge in [-0.2, -0.15) is 0 Å². The lowest BCUT2D eigenvalue weighted by atomic mass is 10.1. The number of hydrogen-bond acceptors (Lipinski definition) is 3. The van der Waals surface area contributed by atoms with Gasteiger partial charge in [0.1, 0.15) is 11.8 Å². The van der Waals surface area contributed by atoms with Crippen LogP contribution in [0.3, 0.4) is 0 Å². The van der Waals surface area contributed by atoms with Crippen molar-refractivity contribution in [2.45, 2.75) is 32.4 Å². The van der Waals surface area contributed by atoms with Crippen LogP contribution >= 0.6 is 0 Å². The second kappa shape index (κ2) is 9.47. The van der Waals surface area contributed by atoms with Gasteiger partial charge in [0, 0.05) is 13.0 Å². The standard InChI is InChI=1S/C20H24N2O3/c1-15(22-19(23)13-10-16-6-4-3-5-7-16)20(24)21-14-17-8-11-18(25-2)12-9-17/h3-9,11-12,15H,10,13-14H2,1-2H3,(H,21,24)(H,22,23). The van der Waals surface area contributed by atoms with Gasteiger partial charge in [-0.1, -0.05) is 42.5 Å². The molecular weight excluding hydrogens is 316 g/mol. The van der Waals surface area contributed by atoms with E-state index in [0.717, 1.165) is 16.9 Å². The molecule has 5 nitrogen and oxygen atoms in total. The molecule has 0 aliphatic heterocycles. The summed E-state index contributed by atoms with van der Waals surface area (Å²) < 4.78 is 5.10. The van der Waals surface area contributed by atoms with Gasteiger partial charge in [-0.25, -0.2) is 0 Å². The van der Waals surface area contributed by atoms with Crippen LogP contribution in [-0.2, 0) is 22.6 Å². The zero-order chi connectivity index (χ0) is 18.1. The van der Waals surface area contributed by atoms with E-state index in [4.69, 9.17) is 4.74 Å². The maximum absolute atomic E-state index is 12.1. The number of nitrogens with one attached hydrogen (secondary N) is 2. The molecule has 25 heavy (non-hydrogen) atoms. The maximum Gasteiger partial charge on any atom is 0.242 e. The fraction of sp³-hybridized carbons (Fsp3) is 0.300. The predicted molar refractivity (Wildman–Crippen MR) is 97.2 cm³/mol. The summed E-state index contributed by atoms with van der Waals surface area (Å²) in [5, 5.41) is 5.55. The summed E-state index contributed by atoms with van der Waals surface area (Å²) >= 11 is 0. The quantitative estimate of drug-likeness (QED) is 0.776. The number of hydrogen-bond donors (Lipinski definition) is 2. The van der Waals surface area contributed by atoms with Crippen LogP contribution in [0.2, 0.25) is 0 Å². The van der Waals surface area contributed by atoms with E-state index in [-0.39, 0.29) is 11.8 Å². The third-order valence-electron chi connectivity index (χ3n) is 3.88. The van der Waals surface area contributed by atoms with E-state index in [9.17, 15) is 9.59 Å². The molecule has 132 valence electrons. The van der Waals surface area contributed by atoms with Crippen molar-refractivity contribution in [1.82, 2.24) is 10.6 Å². The van der Waals surface area contributed by atoms with Crippen molar-refractivity contribution >= 4 is 11.8 Å². The van der Waals surface area contributed by atoms with E-state index >= 15 is 0 Å². The molecule has 0 radical (unpaired) electrons. The van der Waals surface area contributed by atoms with Gasteiger partial charge in [0.15, 0.2) is 0 Å². The number of amides is 2. The molecule has 2 aromatic rings. The van der Waals surface area contributed by atoms with Crippen molar-refractivity contribution in [3.8, 4) is 5.75 Å². The lowest BCUT2D eigenvalue weighted by Gasteiger charge is -2.14. The number of rotatable bonds is 8. The molecule has 1 atom stereocenters. The minimum atomic E-state index is -0.568. The number of aryl methyl sites for hydroxylation is 1. The first-order valence-corrected chi connectivity index (χ1v) is 8.32. The highest BCUT2D eigenvalue weighted by Crippen LogP contribution is 2.11. The molecule has 0 spiro atoms. The summed E-state index contributed by atoms with van der Waals surface area (Å²) in [6.07, 6.45) is 1.02. The summed E-state index contributed by atoms with van der Waals surface area (Å²) in [6.45, 7) is 2.09. The van der Waals surface area contributed by atoms with Gasteiger partial charge in [-0.3, -0.25) is 9.59 Å². The number of methoxy groups -OCH3 is 1. The predicted octanol–water partition coefficient (Wildman–Crippen LogP) is 2.45. The Hall–Kier alpha value is -2.82. The molecule has 0 heterocycles. The van der Waals surface area contributed by atoms with E-state index in [1.807, 2.05) is 54.6 Å². The molecule has 0 aromatic heterocycles. The molecule has 0 aliphatic rings. The van der Waals surface area contributed by atoms with Gasteiger partial charge in [0.05, 0.1) is 7.11 Å². The van der Waals surface area contributed by atoms with E-state index in [1.165, 1.54) is 0 Å². The van der Waals surface area contributed by atoms with Gasteiger partial charge in [-0.05, 0) is 36.6 Å². The Bertz CT molecular complexity index is 684. The summed E-state index contributed by atoms with van der Waals surface area (Å²) in [6, 6.07) is 16.7. The number of carbonyl (C=O) groups excluding carboxylic acids is 2. The van der Waals surface area contributed by atoms with Crippen molar-refractivity contribution in [2.75, 3.05) is 7.11 Å². The third kappa shape index (κ3) is 6.30. The van der Waals surface area contributed by atoms with Gasteiger partial charge in [0.2, 0.25) is 11.8 Å². The first-order valence-electron chi connectivity index (χ1n) is 8.32. The Labute approximate surface area is 148 Å². The van der Waals surface area contributed by atoms with Crippen molar-refractivity contribution < 1.29 is 14.3 Å². The Morgan fingerprint density at radius 2 is 1.68 bits per heavy atom. The molecule has 2 rings (SSSR count). The van der Waals surface area contributed by atoms with Crippen LogP contribution in [0.5, 0.6) is 5.75 Å². The Morgan fingerprint density at radius 3 is 2.32 bits per heavy atom. The SMILES string of the molecule is COc1ccc(CNC(=O)C(C)NC(=O)CCc2ccccc2)cc1. The lowest BCUT2D eigenvalue weighted by Crippen LogP contribution is -2.44. The topological polar surface area (TPSA) is 67.4 Å². The first-order chi connectivity index (χ1) is 12.1. The van der Waals surface area contributed by atoms with E-state index in [2.05, 4.69) is 10.6 Å². The lowest BCUT2D eigenvalue weighted by molar-refractivity contribution is -0.128. The number of carbonyl (C=O) groups is 2. The molecule has 0 fully saturated rings.